The highest BCUT2D eigenvalue weighted by Gasteiger charge is 2.14. The Hall–Kier alpha value is -1.62. The van der Waals surface area contributed by atoms with Crippen LogP contribution in [-0.4, -0.2) is 24.2 Å². The normalized spacial score (nSPS) is 10.5. The third kappa shape index (κ3) is 2.39. The van der Waals surface area contributed by atoms with E-state index in [2.05, 4.69) is 4.98 Å². The number of thiophene rings is 1. The molecule has 4 nitrogen and oxygen atoms in total. The molecule has 0 bridgehead atoms. The Balaban J connectivity index is 2.47. The molecule has 0 aliphatic rings. The van der Waals surface area contributed by atoms with Crippen molar-refractivity contribution in [3.05, 3.63) is 23.2 Å². The van der Waals surface area contributed by atoms with Crippen LogP contribution in [0.5, 0.6) is 5.88 Å². The van der Waals surface area contributed by atoms with Gasteiger partial charge in [-0.15, -0.1) is 11.3 Å². The summed E-state index contributed by atoms with van der Waals surface area (Å²) in [5, 5.41) is 2.88. The number of nitrogens with zero attached hydrogens (tertiary/aromatic N) is 1. The molecule has 0 aromatic carbocycles. The summed E-state index contributed by atoms with van der Waals surface area (Å²) in [5.74, 6) is 0.0815. The van der Waals surface area contributed by atoms with Crippen molar-refractivity contribution >= 4 is 27.4 Å². The van der Waals surface area contributed by atoms with Crippen molar-refractivity contribution in [2.45, 2.75) is 13.8 Å². The standard InChI is InChI=1S/C12H13NO3S/c1-3-15-11-8-5-6-17-10(8)7-9(13-11)12(14)16-4-2/h5-7H,3-4H2,1-2H3. The van der Waals surface area contributed by atoms with Crippen LogP contribution in [0.3, 0.4) is 0 Å². The molecule has 0 saturated carbocycles. The Morgan fingerprint density at radius 1 is 1.41 bits per heavy atom. The average molecular weight is 251 g/mol. The minimum Gasteiger partial charge on any atom is -0.477 e. The van der Waals surface area contributed by atoms with E-state index >= 15 is 0 Å². The van der Waals surface area contributed by atoms with Crippen LogP contribution in [0.15, 0.2) is 17.5 Å². The molecule has 0 unspecified atom stereocenters. The van der Waals surface area contributed by atoms with Gasteiger partial charge in [-0.3, -0.25) is 0 Å². The minimum atomic E-state index is -0.413. The molecule has 0 N–H and O–H groups in total. The lowest BCUT2D eigenvalue weighted by Crippen LogP contribution is -2.08. The lowest BCUT2D eigenvalue weighted by molar-refractivity contribution is 0.0518. The fraction of sp³-hybridized carbons (Fsp3) is 0.333. The Morgan fingerprint density at radius 2 is 2.24 bits per heavy atom. The van der Waals surface area contributed by atoms with Crippen molar-refractivity contribution in [2.75, 3.05) is 13.2 Å². The van der Waals surface area contributed by atoms with Crippen LogP contribution >= 0.6 is 11.3 Å². The maximum atomic E-state index is 11.6. The zero-order valence-corrected chi connectivity index (χ0v) is 10.5. The monoisotopic (exact) mass is 251 g/mol. The summed E-state index contributed by atoms with van der Waals surface area (Å²) in [6.07, 6.45) is 0. The summed E-state index contributed by atoms with van der Waals surface area (Å²) in [4.78, 5) is 15.8. The van der Waals surface area contributed by atoms with Gasteiger partial charge in [0, 0.05) is 4.70 Å². The predicted octanol–water partition coefficient (Wildman–Crippen LogP) is 2.87. The summed E-state index contributed by atoms with van der Waals surface area (Å²) >= 11 is 1.55. The Kier molecular flexibility index (Phi) is 3.58. The predicted molar refractivity (Wildman–Crippen MR) is 66.7 cm³/mol. The second kappa shape index (κ2) is 5.14. The highest BCUT2D eigenvalue weighted by molar-refractivity contribution is 7.17. The second-order valence-electron chi connectivity index (χ2n) is 3.30. The first-order chi connectivity index (χ1) is 8.26. The number of esters is 1. The van der Waals surface area contributed by atoms with Gasteiger partial charge in [0.25, 0.3) is 0 Å². The summed E-state index contributed by atoms with van der Waals surface area (Å²) in [5.41, 5.74) is 0.297. The molecule has 0 radical (unpaired) electrons. The molecular weight excluding hydrogens is 238 g/mol. The lowest BCUT2D eigenvalue weighted by Gasteiger charge is -2.06. The number of hydrogen-bond donors (Lipinski definition) is 0. The molecular formula is C12H13NO3S. The number of hydrogen-bond acceptors (Lipinski definition) is 5. The summed E-state index contributed by atoms with van der Waals surface area (Å²) in [6.45, 7) is 4.51. The van der Waals surface area contributed by atoms with E-state index < -0.39 is 5.97 Å². The number of rotatable bonds is 4. The first kappa shape index (κ1) is 11.9. The van der Waals surface area contributed by atoms with Gasteiger partial charge in [0.2, 0.25) is 5.88 Å². The van der Waals surface area contributed by atoms with Crippen LogP contribution in [0.4, 0.5) is 0 Å². The topological polar surface area (TPSA) is 48.4 Å². The zero-order chi connectivity index (χ0) is 12.3. The smallest absolute Gasteiger partial charge is 0.357 e. The van der Waals surface area contributed by atoms with Crippen LogP contribution < -0.4 is 4.74 Å². The van der Waals surface area contributed by atoms with Crippen molar-refractivity contribution < 1.29 is 14.3 Å². The van der Waals surface area contributed by atoms with Crippen molar-refractivity contribution in [3.8, 4) is 5.88 Å². The molecule has 2 aromatic rings. The number of aromatic nitrogens is 1. The number of carbonyl (C=O) groups excluding carboxylic acids is 1. The summed E-state index contributed by atoms with van der Waals surface area (Å²) in [6, 6.07) is 3.67. The number of ether oxygens (including phenoxy) is 2. The lowest BCUT2D eigenvalue weighted by atomic mass is 10.3. The van der Waals surface area contributed by atoms with Crippen LogP contribution in [0, 0.1) is 0 Å². The molecule has 0 spiro atoms. The Labute approximate surface area is 103 Å². The van der Waals surface area contributed by atoms with Crippen molar-refractivity contribution in [1.82, 2.24) is 4.98 Å². The van der Waals surface area contributed by atoms with Crippen LogP contribution in [0.2, 0.25) is 0 Å². The molecule has 0 amide bonds. The molecule has 0 atom stereocenters. The van der Waals surface area contributed by atoms with Crippen molar-refractivity contribution in [2.24, 2.45) is 0 Å². The maximum absolute atomic E-state index is 11.6. The Morgan fingerprint density at radius 3 is 2.94 bits per heavy atom. The van der Waals surface area contributed by atoms with E-state index in [0.717, 1.165) is 10.1 Å². The van der Waals surface area contributed by atoms with Gasteiger partial charge in [0.15, 0.2) is 5.69 Å². The summed E-state index contributed by atoms with van der Waals surface area (Å²) in [7, 11) is 0. The minimum absolute atomic E-state index is 0.297. The van der Waals surface area contributed by atoms with Crippen molar-refractivity contribution in [1.29, 1.82) is 0 Å². The van der Waals surface area contributed by atoms with Gasteiger partial charge >= 0.3 is 5.97 Å². The Bertz CT molecular complexity index is 536. The van der Waals surface area contributed by atoms with Gasteiger partial charge in [-0.2, -0.15) is 0 Å². The van der Waals surface area contributed by atoms with Gasteiger partial charge in [-0.1, -0.05) is 0 Å². The van der Waals surface area contributed by atoms with E-state index in [0.29, 0.717) is 24.8 Å². The molecule has 0 fully saturated rings. The molecule has 17 heavy (non-hydrogen) atoms. The van der Waals surface area contributed by atoms with Gasteiger partial charge in [0.05, 0.1) is 18.6 Å². The van der Waals surface area contributed by atoms with E-state index in [4.69, 9.17) is 9.47 Å². The van der Waals surface area contributed by atoms with E-state index in [1.165, 1.54) is 0 Å². The molecule has 2 heterocycles. The van der Waals surface area contributed by atoms with Gasteiger partial charge in [0.1, 0.15) is 0 Å². The highest BCUT2D eigenvalue weighted by Crippen LogP contribution is 2.29. The van der Waals surface area contributed by atoms with Gasteiger partial charge in [-0.25, -0.2) is 9.78 Å². The zero-order valence-electron chi connectivity index (χ0n) is 9.73. The third-order valence-electron chi connectivity index (χ3n) is 2.18. The molecule has 5 heteroatoms. The first-order valence-electron chi connectivity index (χ1n) is 5.44. The summed E-state index contributed by atoms with van der Waals surface area (Å²) < 4.78 is 11.3. The largest absolute Gasteiger partial charge is 0.477 e. The number of carbonyl (C=O) groups is 1. The quantitative estimate of drug-likeness (QED) is 0.784. The van der Waals surface area contributed by atoms with Crippen LogP contribution in [-0.2, 0) is 4.74 Å². The third-order valence-corrected chi connectivity index (χ3v) is 3.04. The maximum Gasteiger partial charge on any atom is 0.357 e. The van der Waals surface area contributed by atoms with E-state index in [1.807, 2.05) is 18.4 Å². The van der Waals surface area contributed by atoms with E-state index in [9.17, 15) is 4.79 Å². The van der Waals surface area contributed by atoms with Crippen LogP contribution in [0.1, 0.15) is 24.3 Å². The molecule has 0 saturated heterocycles. The molecule has 90 valence electrons. The van der Waals surface area contributed by atoms with E-state index in [1.54, 1.807) is 24.3 Å². The highest BCUT2D eigenvalue weighted by atomic mass is 32.1. The van der Waals surface area contributed by atoms with Gasteiger partial charge < -0.3 is 9.47 Å². The number of pyridine rings is 1. The first-order valence-corrected chi connectivity index (χ1v) is 6.32. The van der Waals surface area contributed by atoms with E-state index in [-0.39, 0.29) is 0 Å². The fourth-order valence-electron chi connectivity index (χ4n) is 1.49. The molecule has 0 aliphatic heterocycles. The second-order valence-corrected chi connectivity index (χ2v) is 4.25. The van der Waals surface area contributed by atoms with Crippen LogP contribution in [0.25, 0.3) is 10.1 Å². The molecule has 2 aromatic heterocycles. The van der Waals surface area contributed by atoms with Crippen molar-refractivity contribution in [3.63, 3.8) is 0 Å². The van der Waals surface area contributed by atoms with Gasteiger partial charge in [-0.05, 0) is 31.4 Å². The molecule has 2 rings (SSSR count). The SMILES string of the molecule is CCOC(=O)c1cc2sccc2c(OCC)n1. The number of fused-ring (bicyclic) bond motifs is 1. The fourth-order valence-corrected chi connectivity index (χ4v) is 2.30. The average Bonchev–Trinajstić information content (AvgIpc) is 2.78. The molecule has 0 aliphatic carbocycles.